The van der Waals surface area contributed by atoms with Crippen LogP contribution in [0.3, 0.4) is 0 Å². The first-order valence-corrected chi connectivity index (χ1v) is 8.96. The van der Waals surface area contributed by atoms with Crippen LogP contribution in [0.5, 0.6) is 0 Å². The Labute approximate surface area is 128 Å². The molecule has 0 spiro atoms. The molecule has 0 heterocycles. The van der Waals surface area contributed by atoms with Crippen molar-refractivity contribution in [2.24, 2.45) is 28.6 Å². The predicted octanol–water partition coefficient (Wildman–Crippen LogP) is 5.07. The lowest BCUT2D eigenvalue weighted by Gasteiger charge is -2.59. The summed E-state index contributed by atoms with van der Waals surface area (Å²) in [5.74, 6) is 2.76. The molecule has 3 saturated carbocycles. The molecule has 0 aromatic heterocycles. The molecule has 1 nitrogen and oxygen atoms in total. The van der Waals surface area contributed by atoms with Crippen LogP contribution in [0.2, 0.25) is 0 Å². The van der Waals surface area contributed by atoms with Gasteiger partial charge in [-0.15, -0.1) is 6.58 Å². The van der Waals surface area contributed by atoms with E-state index in [1.54, 1.807) is 0 Å². The molecule has 0 bridgehead atoms. The quantitative estimate of drug-likeness (QED) is 0.614. The SMILES string of the molecule is C=C[C@]12CCC[C@H]1[C@]1(C)CCC3=CC(=O)CC[C@H]3[C@H]1CC2. The van der Waals surface area contributed by atoms with Gasteiger partial charge in [-0.2, -0.15) is 0 Å². The summed E-state index contributed by atoms with van der Waals surface area (Å²) < 4.78 is 0. The van der Waals surface area contributed by atoms with E-state index in [0.29, 0.717) is 22.5 Å². The summed E-state index contributed by atoms with van der Waals surface area (Å²) in [6.45, 7) is 6.80. The lowest BCUT2D eigenvalue weighted by molar-refractivity contribution is -0.117. The Morgan fingerprint density at radius 2 is 2.05 bits per heavy atom. The van der Waals surface area contributed by atoms with E-state index in [4.69, 9.17) is 0 Å². The summed E-state index contributed by atoms with van der Waals surface area (Å²) in [5.41, 5.74) is 2.43. The van der Waals surface area contributed by atoms with Gasteiger partial charge >= 0.3 is 0 Å². The van der Waals surface area contributed by atoms with Gasteiger partial charge in [-0.25, -0.2) is 0 Å². The average molecular weight is 284 g/mol. The largest absolute Gasteiger partial charge is 0.295 e. The third-order valence-corrected chi connectivity index (χ3v) is 7.76. The number of hydrogen-bond donors (Lipinski definition) is 0. The van der Waals surface area contributed by atoms with Crippen LogP contribution in [0.15, 0.2) is 24.3 Å². The van der Waals surface area contributed by atoms with Gasteiger partial charge < -0.3 is 0 Å². The predicted molar refractivity (Wildman–Crippen MR) is 85.9 cm³/mol. The molecular formula is C20H28O. The topological polar surface area (TPSA) is 17.1 Å². The number of hydrogen-bond acceptors (Lipinski definition) is 1. The Morgan fingerprint density at radius 1 is 1.19 bits per heavy atom. The monoisotopic (exact) mass is 284 g/mol. The molecule has 5 atom stereocenters. The van der Waals surface area contributed by atoms with E-state index in [1.165, 1.54) is 50.5 Å². The van der Waals surface area contributed by atoms with E-state index in [9.17, 15) is 4.79 Å². The highest BCUT2D eigenvalue weighted by molar-refractivity contribution is 5.91. The van der Waals surface area contributed by atoms with Crippen molar-refractivity contribution >= 4 is 5.78 Å². The summed E-state index contributed by atoms with van der Waals surface area (Å²) in [5, 5.41) is 0. The molecule has 0 saturated heterocycles. The van der Waals surface area contributed by atoms with Gasteiger partial charge in [0.2, 0.25) is 0 Å². The van der Waals surface area contributed by atoms with Gasteiger partial charge in [0.15, 0.2) is 5.78 Å². The van der Waals surface area contributed by atoms with E-state index >= 15 is 0 Å². The number of carbonyl (C=O) groups excluding carboxylic acids is 1. The van der Waals surface area contributed by atoms with Crippen molar-refractivity contribution in [2.45, 2.75) is 64.7 Å². The maximum absolute atomic E-state index is 11.7. The Hall–Kier alpha value is -0.850. The summed E-state index contributed by atoms with van der Waals surface area (Å²) in [7, 11) is 0. The van der Waals surface area contributed by atoms with E-state index in [2.05, 4.69) is 19.6 Å². The Morgan fingerprint density at radius 3 is 2.86 bits per heavy atom. The third kappa shape index (κ3) is 1.79. The highest BCUT2D eigenvalue weighted by Crippen LogP contribution is 2.67. The molecule has 0 aromatic rings. The Kier molecular flexibility index (Phi) is 3.00. The second-order valence-electron chi connectivity index (χ2n) is 8.36. The first-order chi connectivity index (χ1) is 10.1. The summed E-state index contributed by atoms with van der Waals surface area (Å²) in [6.07, 6.45) is 15.6. The maximum Gasteiger partial charge on any atom is 0.155 e. The second kappa shape index (κ2) is 4.57. The van der Waals surface area contributed by atoms with E-state index in [1.807, 2.05) is 6.08 Å². The van der Waals surface area contributed by atoms with Gasteiger partial charge in [-0.05, 0) is 79.6 Å². The van der Waals surface area contributed by atoms with Gasteiger partial charge in [0.05, 0.1) is 0 Å². The van der Waals surface area contributed by atoms with Crippen LogP contribution >= 0.6 is 0 Å². The number of rotatable bonds is 1. The first-order valence-electron chi connectivity index (χ1n) is 8.96. The zero-order chi connectivity index (χ0) is 14.7. The normalized spacial score (nSPS) is 48.9. The van der Waals surface area contributed by atoms with Crippen molar-refractivity contribution in [3.8, 4) is 0 Å². The van der Waals surface area contributed by atoms with Gasteiger partial charge in [-0.1, -0.05) is 25.0 Å². The Bertz CT molecular complexity index is 516. The molecule has 0 unspecified atom stereocenters. The fourth-order valence-corrected chi connectivity index (χ4v) is 6.76. The van der Waals surface area contributed by atoms with Crippen molar-refractivity contribution in [2.75, 3.05) is 0 Å². The van der Waals surface area contributed by atoms with Crippen LogP contribution in [0.4, 0.5) is 0 Å². The van der Waals surface area contributed by atoms with Crippen LogP contribution in [-0.4, -0.2) is 5.78 Å². The molecule has 0 aromatic carbocycles. The summed E-state index contributed by atoms with van der Waals surface area (Å²) in [4.78, 5) is 11.7. The number of ketones is 1. The van der Waals surface area contributed by atoms with E-state index in [0.717, 1.165) is 24.7 Å². The van der Waals surface area contributed by atoms with Crippen LogP contribution in [0.25, 0.3) is 0 Å². The number of allylic oxidation sites excluding steroid dienone is 2. The average Bonchev–Trinajstić information content (AvgIpc) is 2.93. The fraction of sp³-hybridized carbons (Fsp3) is 0.750. The van der Waals surface area contributed by atoms with E-state index in [-0.39, 0.29) is 0 Å². The third-order valence-electron chi connectivity index (χ3n) is 7.76. The Balaban J connectivity index is 1.71. The van der Waals surface area contributed by atoms with Crippen LogP contribution in [-0.2, 0) is 4.79 Å². The zero-order valence-electron chi connectivity index (χ0n) is 13.4. The van der Waals surface area contributed by atoms with Crippen molar-refractivity contribution in [1.29, 1.82) is 0 Å². The zero-order valence-corrected chi connectivity index (χ0v) is 13.4. The molecular weight excluding hydrogens is 256 g/mol. The minimum Gasteiger partial charge on any atom is -0.295 e. The lowest BCUT2D eigenvalue weighted by atomic mass is 9.45. The standard InChI is InChI=1S/C20H28O/c1-3-20-10-4-5-18(20)19(2)11-8-14-13-15(21)6-7-16(14)17(19)9-12-20/h3,13,16-18H,1,4-12H2,2H3/t16-,17-,18+,19-,20-/m1/s1. The van der Waals surface area contributed by atoms with Crippen molar-refractivity contribution < 1.29 is 4.79 Å². The molecule has 4 aliphatic rings. The van der Waals surface area contributed by atoms with Crippen LogP contribution in [0.1, 0.15) is 64.7 Å². The lowest BCUT2D eigenvalue weighted by Crippen LogP contribution is -2.51. The molecule has 4 aliphatic carbocycles. The van der Waals surface area contributed by atoms with Gasteiger partial charge in [0.25, 0.3) is 0 Å². The highest BCUT2D eigenvalue weighted by Gasteiger charge is 2.59. The smallest absolute Gasteiger partial charge is 0.155 e. The minimum absolute atomic E-state index is 0.377. The fourth-order valence-electron chi connectivity index (χ4n) is 6.76. The number of carbonyl (C=O) groups is 1. The summed E-state index contributed by atoms with van der Waals surface area (Å²) in [6, 6.07) is 0. The molecule has 4 rings (SSSR count). The molecule has 114 valence electrons. The molecule has 21 heavy (non-hydrogen) atoms. The van der Waals surface area contributed by atoms with Crippen molar-refractivity contribution in [3.63, 3.8) is 0 Å². The minimum atomic E-state index is 0.377. The molecule has 0 amide bonds. The van der Waals surface area contributed by atoms with Crippen molar-refractivity contribution in [1.82, 2.24) is 0 Å². The molecule has 0 radical (unpaired) electrons. The molecule has 0 aliphatic heterocycles. The maximum atomic E-state index is 11.7. The highest BCUT2D eigenvalue weighted by atomic mass is 16.1. The van der Waals surface area contributed by atoms with Crippen LogP contribution < -0.4 is 0 Å². The second-order valence-corrected chi connectivity index (χ2v) is 8.36. The van der Waals surface area contributed by atoms with Gasteiger partial charge in [-0.3, -0.25) is 4.79 Å². The van der Waals surface area contributed by atoms with Crippen LogP contribution in [0, 0.1) is 28.6 Å². The van der Waals surface area contributed by atoms with Gasteiger partial charge in [0.1, 0.15) is 0 Å². The number of fused-ring (bicyclic) bond motifs is 5. The van der Waals surface area contributed by atoms with Gasteiger partial charge in [0, 0.05) is 6.42 Å². The molecule has 3 fully saturated rings. The molecule has 1 heteroatoms. The van der Waals surface area contributed by atoms with Crippen molar-refractivity contribution in [3.05, 3.63) is 24.3 Å². The summed E-state index contributed by atoms with van der Waals surface area (Å²) >= 11 is 0. The van der Waals surface area contributed by atoms with E-state index < -0.39 is 0 Å². The first kappa shape index (κ1) is 13.8. The molecule has 0 N–H and O–H groups in total.